The molecule has 0 heterocycles. The van der Waals surface area contributed by atoms with E-state index in [1.165, 1.54) is 0 Å². The van der Waals surface area contributed by atoms with Crippen molar-refractivity contribution in [2.75, 3.05) is 6.61 Å². The van der Waals surface area contributed by atoms with Crippen LogP contribution in [-0.2, 0) is 6.54 Å². The lowest BCUT2D eigenvalue weighted by atomic mass is 10.1. The van der Waals surface area contributed by atoms with Crippen LogP contribution in [-0.4, -0.2) is 17.8 Å². The lowest BCUT2D eigenvalue weighted by Gasteiger charge is -2.13. The summed E-state index contributed by atoms with van der Waals surface area (Å²) in [4.78, 5) is 0. The summed E-state index contributed by atoms with van der Waals surface area (Å²) in [5.41, 5.74) is 1.90. The second-order valence-electron chi connectivity index (χ2n) is 3.61. The standard InChI is InChI=1S/C11H15Cl2NO/c1-7(6-15)14-5-9-3-4-10(12)8(2)11(9)13/h3-4,7,14-15H,5-6H2,1-2H3/t7-/m1/s1. The zero-order chi connectivity index (χ0) is 11.4. The molecule has 84 valence electrons. The molecular weight excluding hydrogens is 233 g/mol. The highest BCUT2D eigenvalue weighted by Gasteiger charge is 2.07. The van der Waals surface area contributed by atoms with E-state index in [1.54, 1.807) is 0 Å². The number of hydrogen-bond acceptors (Lipinski definition) is 2. The third-order valence-electron chi connectivity index (χ3n) is 2.32. The average molecular weight is 248 g/mol. The summed E-state index contributed by atoms with van der Waals surface area (Å²) >= 11 is 12.1. The topological polar surface area (TPSA) is 32.3 Å². The van der Waals surface area contributed by atoms with Crippen LogP contribution in [0.5, 0.6) is 0 Å². The quantitative estimate of drug-likeness (QED) is 0.858. The van der Waals surface area contributed by atoms with Crippen molar-refractivity contribution in [3.63, 3.8) is 0 Å². The normalized spacial score (nSPS) is 12.9. The Labute approximate surface area is 100 Å². The number of rotatable bonds is 4. The average Bonchev–Trinajstić information content (AvgIpc) is 2.24. The molecule has 0 radical (unpaired) electrons. The Morgan fingerprint density at radius 2 is 2.07 bits per heavy atom. The third kappa shape index (κ3) is 3.35. The first kappa shape index (κ1) is 12.8. The maximum Gasteiger partial charge on any atom is 0.0582 e. The smallest absolute Gasteiger partial charge is 0.0582 e. The zero-order valence-electron chi connectivity index (χ0n) is 8.85. The van der Waals surface area contributed by atoms with Gasteiger partial charge in [0, 0.05) is 22.6 Å². The van der Waals surface area contributed by atoms with Gasteiger partial charge in [-0.1, -0.05) is 29.3 Å². The van der Waals surface area contributed by atoms with Crippen LogP contribution in [0.2, 0.25) is 10.0 Å². The van der Waals surface area contributed by atoms with Gasteiger partial charge in [-0.3, -0.25) is 0 Å². The highest BCUT2D eigenvalue weighted by atomic mass is 35.5. The summed E-state index contributed by atoms with van der Waals surface area (Å²) in [5, 5.41) is 13.4. The van der Waals surface area contributed by atoms with Crippen LogP contribution in [0.25, 0.3) is 0 Å². The molecule has 0 bridgehead atoms. The first-order valence-corrected chi connectivity index (χ1v) is 5.59. The van der Waals surface area contributed by atoms with Crippen LogP contribution in [0.1, 0.15) is 18.1 Å². The minimum atomic E-state index is 0.0667. The van der Waals surface area contributed by atoms with Crippen molar-refractivity contribution in [3.8, 4) is 0 Å². The van der Waals surface area contributed by atoms with Crippen molar-refractivity contribution in [1.29, 1.82) is 0 Å². The van der Waals surface area contributed by atoms with Crippen LogP contribution < -0.4 is 5.32 Å². The third-order valence-corrected chi connectivity index (χ3v) is 3.25. The molecule has 2 nitrogen and oxygen atoms in total. The zero-order valence-corrected chi connectivity index (χ0v) is 10.4. The maximum absolute atomic E-state index is 8.86. The minimum Gasteiger partial charge on any atom is -0.395 e. The van der Waals surface area contributed by atoms with E-state index in [4.69, 9.17) is 28.3 Å². The lowest BCUT2D eigenvalue weighted by molar-refractivity contribution is 0.251. The van der Waals surface area contributed by atoms with Crippen molar-refractivity contribution in [3.05, 3.63) is 33.3 Å². The molecule has 1 aromatic carbocycles. The monoisotopic (exact) mass is 247 g/mol. The van der Waals surface area contributed by atoms with Gasteiger partial charge in [-0.2, -0.15) is 0 Å². The molecule has 15 heavy (non-hydrogen) atoms. The second-order valence-corrected chi connectivity index (χ2v) is 4.40. The lowest BCUT2D eigenvalue weighted by Crippen LogP contribution is -2.28. The van der Waals surface area contributed by atoms with Gasteiger partial charge >= 0.3 is 0 Å². The van der Waals surface area contributed by atoms with Crippen molar-refractivity contribution in [1.82, 2.24) is 5.32 Å². The molecule has 1 rings (SSSR count). The van der Waals surface area contributed by atoms with E-state index >= 15 is 0 Å². The SMILES string of the molecule is Cc1c(Cl)ccc(CN[C@H](C)CO)c1Cl. The van der Waals surface area contributed by atoms with E-state index in [2.05, 4.69) is 5.32 Å². The maximum atomic E-state index is 8.86. The summed E-state index contributed by atoms with van der Waals surface area (Å²) in [5.74, 6) is 0. The molecule has 0 saturated heterocycles. The number of nitrogens with one attached hydrogen (secondary N) is 1. The number of aliphatic hydroxyl groups excluding tert-OH is 1. The van der Waals surface area contributed by atoms with E-state index in [9.17, 15) is 0 Å². The molecular formula is C11H15Cl2NO. The van der Waals surface area contributed by atoms with Gasteiger partial charge in [-0.15, -0.1) is 0 Å². The van der Waals surface area contributed by atoms with Crippen LogP contribution in [0, 0.1) is 6.92 Å². The first-order chi connectivity index (χ1) is 7.06. The molecule has 0 aliphatic rings. The molecule has 1 aromatic rings. The highest BCUT2D eigenvalue weighted by Crippen LogP contribution is 2.27. The Balaban J connectivity index is 2.74. The summed E-state index contributed by atoms with van der Waals surface area (Å²) in [6.07, 6.45) is 0. The van der Waals surface area contributed by atoms with Gasteiger partial charge in [0.1, 0.15) is 0 Å². The van der Waals surface area contributed by atoms with Crippen molar-refractivity contribution in [2.45, 2.75) is 26.4 Å². The van der Waals surface area contributed by atoms with Crippen molar-refractivity contribution >= 4 is 23.2 Å². The largest absolute Gasteiger partial charge is 0.395 e. The number of aliphatic hydroxyl groups is 1. The van der Waals surface area contributed by atoms with Gasteiger partial charge in [-0.05, 0) is 31.0 Å². The Morgan fingerprint density at radius 1 is 1.40 bits per heavy atom. The van der Waals surface area contributed by atoms with E-state index in [-0.39, 0.29) is 12.6 Å². The van der Waals surface area contributed by atoms with Gasteiger partial charge < -0.3 is 10.4 Å². The van der Waals surface area contributed by atoms with Crippen LogP contribution in [0.4, 0.5) is 0 Å². The summed E-state index contributed by atoms with van der Waals surface area (Å²) in [7, 11) is 0. The van der Waals surface area contributed by atoms with Gasteiger partial charge in [0.2, 0.25) is 0 Å². The Hall–Kier alpha value is -0.280. The fourth-order valence-electron chi connectivity index (χ4n) is 1.20. The molecule has 0 amide bonds. The Kier molecular flexibility index (Phi) is 4.87. The van der Waals surface area contributed by atoms with Gasteiger partial charge in [0.15, 0.2) is 0 Å². The molecule has 0 aliphatic heterocycles. The first-order valence-electron chi connectivity index (χ1n) is 4.84. The van der Waals surface area contributed by atoms with E-state index in [1.807, 2.05) is 26.0 Å². The van der Waals surface area contributed by atoms with E-state index < -0.39 is 0 Å². The molecule has 1 atom stereocenters. The summed E-state index contributed by atoms with van der Waals surface area (Å²) < 4.78 is 0. The number of benzene rings is 1. The molecule has 4 heteroatoms. The van der Waals surface area contributed by atoms with Crippen LogP contribution >= 0.6 is 23.2 Å². The molecule has 2 N–H and O–H groups in total. The van der Waals surface area contributed by atoms with Crippen molar-refractivity contribution < 1.29 is 5.11 Å². The van der Waals surface area contributed by atoms with E-state index in [0.717, 1.165) is 11.1 Å². The summed E-state index contributed by atoms with van der Waals surface area (Å²) in [6.45, 7) is 4.56. The fraction of sp³-hybridized carbons (Fsp3) is 0.455. The Morgan fingerprint density at radius 3 is 2.67 bits per heavy atom. The summed E-state index contributed by atoms with van der Waals surface area (Å²) in [6, 6.07) is 3.80. The van der Waals surface area contributed by atoms with Crippen molar-refractivity contribution in [2.24, 2.45) is 0 Å². The van der Waals surface area contributed by atoms with Gasteiger partial charge in [-0.25, -0.2) is 0 Å². The predicted octanol–water partition coefficient (Wildman–Crippen LogP) is 2.77. The Bertz CT molecular complexity index is 342. The fourth-order valence-corrected chi connectivity index (χ4v) is 1.64. The molecule has 0 spiro atoms. The molecule has 0 aromatic heterocycles. The second kappa shape index (κ2) is 5.71. The molecule has 0 fully saturated rings. The minimum absolute atomic E-state index is 0.0667. The number of halogens is 2. The number of hydrogen-bond donors (Lipinski definition) is 2. The predicted molar refractivity (Wildman–Crippen MR) is 64.6 cm³/mol. The highest BCUT2D eigenvalue weighted by molar-refractivity contribution is 6.36. The van der Waals surface area contributed by atoms with Gasteiger partial charge in [0.05, 0.1) is 6.61 Å². The molecule has 0 aliphatic carbocycles. The molecule has 0 unspecified atom stereocenters. The van der Waals surface area contributed by atoms with Gasteiger partial charge in [0.25, 0.3) is 0 Å². The van der Waals surface area contributed by atoms with Crippen LogP contribution in [0.3, 0.4) is 0 Å². The molecule has 0 saturated carbocycles. The van der Waals surface area contributed by atoms with E-state index in [0.29, 0.717) is 16.6 Å². The van der Waals surface area contributed by atoms with Crippen LogP contribution in [0.15, 0.2) is 12.1 Å².